The van der Waals surface area contributed by atoms with Gasteiger partial charge in [-0.2, -0.15) is 0 Å². The van der Waals surface area contributed by atoms with Crippen molar-refractivity contribution in [3.63, 3.8) is 0 Å². The zero-order valence-corrected chi connectivity index (χ0v) is 10.9. The Hall–Kier alpha value is -2.69. The van der Waals surface area contributed by atoms with E-state index < -0.39 is 4.92 Å². The third-order valence-corrected chi connectivity index (χ3v) is 2.81. The van der Waals surface area contributed by atoms with E-state index >= 15 is 0 Å². The van der Waals surface area contributed by atoms with Crippen LogP contribution in [0.4, 0.5) is 5.69 Å². The van der Waals surface area contributed by atoms with E-state index in [0.717, 1.165) is 11.8 Å². The predicted octanol–water partition coefficient (Wildman–Crippen LogP) is 3.29. The van der Waals surface area contributed by atoms with Gasteiger partial charge in [0.1, 0.15) is 12.4 Å². The SMILES string of the molecule is Cc1ccc(OCc2cccc([N+](=O)[O-])c2)c(C=O)c1. The molecule has 2 aromatic rings. The van der Waals surface area contributed by atoms with Crippen LogP contribution in [0.2, 0.25) is 0 Å². The minimum absolute atomic E-state index is 0.0191. The predicted molar refractivity (Wildman–Crippen MR) is 74.0 cm³/mol. The highest BCUT2D eigenvalue weighted by Gasteiger charge is 2.07. The van der Waals surface area contributed by atoms with Crippen molar-refractivity contribution in [3.05, 3.63) is 69.3 Å². The smallest absolute Gasteiger partial charge is 0.269 e. The average molecular weight is 271 g/mol. The van der Waals surface area contributed by atoms with Crippen LogP contribution in [0, 0.1) is 17.0 Å². The zero-order chi connectivity index (χ0) is 14.5. The van der Waals surface area contributed by atoms with Crippen molar-refractivity contribution in [1.82, 2.24) is 0 Å². The number of nitrogens with zero attached hydrogens (tertiary/aromatic N) is 1. The molecule has 0 radical (unpaired) electrons. The molecule has 0 atom stereocenters. The molecule has 0 saturated carbocycles. The van der Waals surface area contributed by atoms with Gasteiger partial charge >= 0.3 is 0 Å². The molecule has 0 unspecified atom stereocenters. The molecule has 0 heterocycles. The first-order valence-electron chi connectivity index (χ1n) is 6.02. The lowest BCUT2D eigenvalue weighted by Gasteiger charge is -2.09. The number of carbonyl (C=O) groups excluding carboxylic acids is 1. The molecule has 0 spiro atoms. The summed E-state index contributed by atoms with van der Waals surface area (Å²) in [7, 11) is 0. The van der Waals surface area contributed by atoms with Crippen LogP contribution in [-0.2, 0) is 6.61 Å². The number of hydrogen-bond acceptors (Lipinski definition) is 4. The molecular formula is C15H13NO4. The van der Waals surface area contributed by atoms with E-state index in [1.165, 1.54) is 12.1 Å². The van der Waals surface area contributed by atoms with Crippen molar-refractivity contribution in [1.29, 1.82) is 0 Å². The van der Waals surface area contributed by atoms with Gasteiger partial charge in [-0.3, -0.25) is 14.9 Å². The van der Waals surface area contributed by atoms with E-state index in [9.17, 15) is 14.9 Å². The molecule has 0 aromatic heterocycles. The third-order valence-electron chi connectivity index (χ3n) is 2.81. The second-order valence-electron chi connectivity index (χ2n) is 4.37. The second-order valence-corrected chi connectivity index (χ2v) is 4.37. The summed E-state index contributed by atoms with van der Waals surface area (Å²) < 4.78 is 5.55. The number of carbonyl (C=O) groups is 1. The highest BCUT2D eigenvalue weighted by Crippen LogP contribution is 2.20. The van der Waals surface area contributed by atoms with Crippen molar-refractivity contribution in [2.45, 2.75) is 13.5 Å². The molecule has 2 aromatic carbocycles. The molecule has 0 fully saturated rings. The largest absolute Gasteiger partial charge is 0.488 e. The normalized spacial score (nSPS) is 10.1. The number of benzene rings is 2. The van der Waals surface area contributed by atoms with Gasteiger partial charge in [0.2, 0.25) is 0 Å². The Kier molecular flexibility index (Phi) is 4.10. The van der Waals surface area contributed by atoms with Gasteiger partial charge in [-0.1, -0.05) is 23.8 Å². The fraction of sp³-hybridized carbons (Fsp3) is 0.133. The van der Waals surface area contributed by atoms with Crippen LogP contribution in [0.1, 0.15) is 21.5 Å². The van der Waals surface area contributed by atoms with Gasteiger partial charge in [0.25, 0.3) is 5.69 Å². The summed E-state index contributed by atoms with van der Waals surface area (Å²) in [5.41, 5.74) is 2.13. The van der Waals surface area contributed by atoms with Gasteiger partial charge in [-0.15, -0.1) is 0 Å². The molecule has 20 heavy (non-hydrogen) atoms. The second kappa shape index (κ2) is 5.97. The monoisotopic (exact) mass is 271 g/mol. The van der Waals surface area contributed by atoms with Crippen LogP contribution in [0.25, 0.3) is 0 Å². The van der Waals surface area contributed by atoms with Gasteiger partial charge < -0.3 is 4.74 Å². The first-order chi connectivity index (χ1) is 9.60. The van der Waals surface area contributed by atoms with Gasteiger partial charge in [0.15, 0.2) is 6.29 Å². The van der Waals surface area contributed by atoms with E-state index in [1.807, 2.05) is 13.0 Å². The minimum atomic E-state index is -0.452. The number of aldehydes is 1. The topological polar surface area (TPSA) is 69.4 Å². The molecule has 0 amide bonds. The summed E-state index contributed by atoms with van der Waals surface area (Å²) in [6.45, 7) is 2.06. The standard InChI is InChI=1S/C15H13NO4/c1-11-5-6-15(13(7-11)9-17)20-10-12-3-2-4-14(8-12)16(18)19/h2-9H,10H2,1H3. The Balaban J connectivity index is 2.14. The summed E-state index contributed by atoms with van der Waals surface area (Å²) >= 11 is 0. The van der Waals surface area contributed by atoms with Crippen molar-refractivity contribution in [3.8, 4) is 5.75 Å². The molecular weight excluding hydrogens is 258 g/mol. The highest BCUT2D eigenvalue weighted by atomic mass is 16.6. The number of non-ortho nitro benzene ring substituents is 1. The lowest BCUT2D eigenvalue weighted by atomic mass is 10.1. The van der Waals surface area contributed by atoms with Gasteiger partial charge in [0, 0.05) is 12.1 Å². The lowest BCUT2D eigenvalue weighted by molar-refractivity contribution is -0.384. The summed E-state index contributed by atoms with van der Waals surface area (Å²) in [6.07, 6.45) is 0.732. The first kappa shape index (κ1) is 13.7. The number of nitro benzene ring substituents is 1. The summed E-state index contributed by atoms with van der Waals surface area (Å²) in [4.78, 5) is 21.2. The van der Waals surface area contributed by atoms with Crippen LogP contribution in [-0.4, -0.2) is 11.2 Å². The molecule has 0 aliphatic carbocycles. The molecule has 2 rings (SSSR count). The minimum Gasteiger partial charge on any atom is -0.488 e. The van der Waals surface area contributed by atoms with Gasteiger partial charge in [-0.25, -0.2) is 0 Å². The Morgan fingerprint density at radius 3 is 2.75 bits per heavy atom. The Morgan fingerprint density at radius 2 is 2.05 bits per heavy atom. The lowest BCUT2D eigenvalue weighted by Crippen LogP contribution is -1.99. The zero-order valence-electron chi connectivity index (χ0n) is 10.9. The van der Waals surface area contributed by atoms with Crippen molar-refractivity contribution in [2.24, 2.45) is 0 Å². The molecule has 102 valence electrons. The molecule has 0 aliphatic heterocycles. The Labute approximate surface area is 116 Å². The van der Waals surface area contributed by atoms with Crippen LogP contribution in [0.15, 0.2) is 42.5 Å². The van der Waals surface area contributed by atoms with Crippen molar-refractivity contribution >= 4 is 12.0 Å². The Morgan fingerprint density at radius 1 is 1.25 bits per heavy atom. The number of ether oxygens (including phenoxy) is 1. The molecule has 0 saturated heterocycles. The first-order valence-corrected chi connectivity index (χ1v) is 6.02. The fourth-order valence-corrected chi connectivity index (χ4v) is 1.81. The maximum absolute atomic E-state index is 11.0. The van der Waals surface area contributed by atoms with E-state index in [-0.39, 0.29) is 12.3 Å². The van der Waals surface area contributed by atoms with Crippen LogP contribution in [0.3, 0.4) is 0 Å². The number of rotatable bonds is 5. The maximum Gasteiger partial charge on any atom is 0.269 e. The van der Waals surface area contributed by atoms with E-state index in [2.05, 4.69) is 0 Å². The molecule has 5 nitrogen and oxygen atoms in total. The maximum atomic E-state index is 11.0. The number of hydrogen-bond donors (Lipinski definition) is 0. The molecule has 0 N–H and O–H groups in total. The summed E-state index contributed by atoms with van der Waals surface area (Å²) in [5, 5.41) is 10.7. The molecule has 0 bridgehead atoms. The highest BCUT2D eigenvalue weighted by molar-refractivity contribution is 5.79. The van der Waals surface area contributed by atoms with Gasteiger partial charge in [-0.05, 0) is 24.6 Å². The average Bonchev–Trinajstić information content (AvgIpc) is 2.46. The van der Waals surface area contributed by atoms with Gasteiger partial charge in [0.05, 0.1) is 10.5 Å². The van der Waals surface area contributed by atoms with E-state index in [0.29, 0.717) is 16.9 Å². The number of aryl methyl sites for hydroxylation is 1. The van der Waals surface area contributed by atoms with E-state index in [1.54, 1.807) is 24.3 Å². The summed E-state index contributed by atoms with van der Waals surface area (Å²) in [6, 6.07) is 11.5. The van der Waals surface area contributed by atoms with Crippen molar-refractivity contribution in [2.75, 3.05) is 0 Å². The summed E-state index contributed by atoms with van der Waals surface area (Å²) in [5.74, 6) is 0.470. The molecule has 5 heteroatoms. The van der Waals surface area contributed by atoms with Crippen LogP contribution in [0.5, 0.6) is 5.75 Å². The molecule has 0 aliphatic rings. The fourth-order valence-electron chi connectivity index (χ4n) is 1.81. The third kappa shape index (κ3) is 3.20. The number of nitro groups is 1. The van der Waals surface area contributed by atoms with Crippen LogP contribution < -0.4 is 4.74 Å². The van der Waals surface area contributed by atoms with Crippen LogP contribution >= 0.6 is 0 Å². The quantitative estimate of drug-likeness (QED) is 0.475. The Bertz CT molecular complexity index is 652. The van der Waals surface area contributed by atoms with E-state index in [4.69, 9.17) is 4.74 Å². The van der Waals surface area contributed by atoms with Crippen molar-refractivity contribution < 1.29 is 14.5 Å².